The Labute approximate surface area is 191 Å². The summed E-state index contributed by atoms with van der Waals surface area (Å²) in [6, 6.07) is 19.2. The molecule has 32 heavy (non-hydrogen) atoms. The number of methoxy groups -OCH3 is 1. The van der Waals surface area contributed by atoms with Crippen LogP contribution in [-0.4, -0.2) is 47.6 Å². The summed E-state index contributed by atoms with van der Waals surface area (Å²) < 4.78 is 7.17. The van der Waals surface area contributed by atoms with Gasteiger partial charge >= 0.3 is 0 Å². The number of carbonyl (C=O) groups is 2. The lowest BCUT2D eigenvalue weighted by Crippen LogP contribution is -2.48. The van der Waals surface area contributed by atoms with E-state index < -0.39 is 0 Å². The van der Waals surface area contributed by atoms with Crippen molar-refractivity contribution in [3.8, 4) is 5.69 Å². The highest BCUT2D eigenvalue weighted by Crippen LogP contribution is 2.42. The van der Waals surface area contributed by atoms with Gasteiger partial charge in [0.2, 0.25) is 11.8 Å². The van der Waals surface area contributed by atoms with Gasteiger partial charge in [0, 0.05) is 24.4 Å². The van der Waals surface area contributed by atoms with Crippen molar-refractivity contribution in [3.05, 3.63) is 83.1 Å². The Balaban J connectivity index is 1.58. The molecule has 3 aromatic rings. The SMILES string of the molecule is COCC(=O)N(CC(=O)N1c2ccccc2-n2cccc2C1c1ccc(Cl)cc1)C1CC1. The van der Waals surface area contributed by atoms with E-state index in [9.17, 15) is 9.59 Å². The van der Waals surface area contributed by atoms with E-state index in [2.05, 4.69) is 4.57 Å². The summed E-state index contributed by atoms with van der Waals surface area (Å²) in [6.07, 6.45) is 3.85. The molecule has 1 unspecified atom stereocenters. The van der Waals surface area contributed by atoms with Crippen LogP contribution in [0.1, 0.15) is 30.1 Å². The first-order valence-electron chi connectivity index (χ1n) is 10.7. The minimum atomic E-state index is -0.330. The zero-order valence-corrected chi connectivity index (χ0v) is 18.5. The highest BCUT2D eigenvalue weighted by Gasteiger charge is 2.39. The highest BCUT2D eigenvalue weighted by atomic mass is 35.5. The van der Waals surface area contributed by atoms with Gasteiger partial charge < -0.3 is 14.2 Å². The van der Waals surface area contributed by atoms with Gasteiger partial charge in [-0.25, -0.2) is 0 Å². The van der Waals surface area contributed by atoms with Crippen molar-refractivity contribution in [3.63, 3.8) is 0 Å². The number of benzene rings is 2. The van der Waals surface area contributed by atoms with Crippen molar-refractivity contribution >= 4 is 29.1 Å². The van der Waals surface area contributed by atoms with Gasteiger partial charge in [0.1, 0.15) is 19.2 Å². The van der Waals surface area contributed by atoms with E-state index in [0.29, 0.717) is 5.02 Å². The lowest BCUT2D eigenvalue weighted by atomic mass is 9.97. The Morgan fingerprint density at radius 2 is 1.75 bits per heavy atom. The van der Waals surface area contributed by atoms with E-state index in [4.69, 9.17) is 16.3 Å². The molecule has 6 nitrogen and oxygen atoms in total. The number of nitrogens with zero attached hydrogens (tertiary/aromatic N) is 3. The van der Waals surface area contributed by atoms with Crippen LogP contribution in [0.3, 0.4) is 0 Å². The number of rotatable bonds is 6. The molecule has 2 heterocycles. The first kappa shape index (κ1) is 20.8. The molecule has 1 aromatic heterocycles. The van der Waals surface area contributed by atoms with Crippen molar-refractivity contribution in [1.29, 1.82) is 0 Å². The number of para-hydroxylation sites is 2. The summed E-state index contributed by atoms with van der Waals surface area (Å²) in [5.74, 6) is -0.277. The van der Waals surface area contributed by atoms with Gasteiger partial charge in [0.05, 0.1) is 17.1 Å². The van der Waals surface area contributed by atoms with Crippen LogP contribution in [-0.2, 0) is 14.3 Å². The number of hydrogen-bond acceptors (Lipinski definition) is 3. The zero-order chi connectivity index (χ0) is 22.2. The van der Waals surface area contributed by atoms with Gasteiger partial charge in [0.25, 0.3) is 0 Å². The molecule has 5 rings (SSSR count). The van der Waals surface area contributed by atoms with E-state index in [1.807, 2.05) is 71.8 Å². The van der Waals surface area contributed by atoms with Crippen molar-refractivity contribution in [2.24, 2.45) is 0 Å². The Hall–Kier alpha value is -3.09. The van der Waals surface area contributed by atoms with Crippen molar-refractivity contribution in [2.75, 3.05) is 25.2 Å². The number of ether oxygens (including phenoxy) is 1. The second kappa shape index (κ2) is 8.45. The minimum Gasteiger partial charge on any atom is -0.375 e. The van der Waals surface area contributed by atoms with Crippen molar-refractivity contribution in [2.45, 2.75) is 24.9 Å². The second-order valence-electron chi connectivity index (χ2n) is 8.20. The maximum Gasteiger partial charge on any atom is 0.249 e. The van der Waals surface area contributed by atoms with Gasteiger partial charge in [-0.2, -0.15) is 0 Å². The molecule has 7 heteroatoms. The summed E-state index contributed by atoms with van der Waals surface area (Å²) in [5, 5.41) is 0.642. The fraction of sp³-hybridized carbons (Fsp3) is 0.280. The number of carbonyl (C=O) groups excluding carboxylic acids is 2. The molecule has 0 radical (unpaired) electrons. The zero-order valence-electron chi connectivity index (χ0n) is 17.8. The van der Waals surface area contributed by atoms with Gasteiger partial charge in [-0.1, -0.05) is 35.9 Å². The third-order valence-electron chi connectivity index (χ3n) is 6.06. The van der Waals surface area contributed by atoms with Crippen LogP contribution < -0.4 is 4.90 Å². The molecular weight excluding hydrogens is 426 g/mol. The summed E-state index contributed by atoms with van der Waals surface area (Å²) in [5.41, 5.74) is 3.70. The molecule has 2 amide bonds. The minimum absolute atomic E-state index is 0.0198. The summed E-state index contributed by atoms with van der Waals surface area (Å²) in [7, 11) is 1.50. The van der Waals surface area contributed by atoms with Crippen LogP contribution in [0.2, 0.25) is 5.02 Å². The molecule has 164 valence electrons. The molecule has 1 atom stereocenters. The predicted octanol–water partition coefficient (Wildman–Crippen LogP) is 4.20. The van der Waals surface area contributed by atoms with Gasteiger partial charge in [-0.05, 0) is 54.8 Å². The Morgan fingerprint density at radius 1 is 1.03 bits per heavy atom. The number of halogens is 1. The maximum atomic E-state index is 13.9. The molecule has 2 aliphatic rings. The molecule has 0 spiro atoms. The van der Waals surface area contributed by atoms with E-state index in [-0.39, 0.29) is 37.0 Å². The fourth-order valence-electron chi connectivity index (χ4n) is 4.46. The molecule has 1 saturated carbocycles. The molecule has 2 aromatic carbocycles. The number of anilines is 1. The maximum absolute atomic E-state index is 13.9. The summed E-state index contributed by atoms with van der Waals surface area (Å²) in [6.45, 7) is -0.00414. The smallest absolute Gasteiger partial charge is 0.249 e. The third kappa shape index (κ3) is 3.70. The number of hydrogen-bond donors (Lipinski definition) is 0. The van der Waals surface area contributed by atoms with Crippen LogP contribution in [0, 0.1) is 0 Å². The van der Waals surface area contributed by atoms with Gasteiger partial charge in [-0.15, -0.1) is 0 Å². The van der Waals surface area contributed by atoms with Gasteiger partial charge in [0.15, 0.2) is 0 Å². The molecule has 0 saturated heterocycles. The molecule has 1 fully saturated rings. The Kier molecular flexibility index (Phi) is 5.49. The second-order valence-corrected chi connectivity index (χ2v) is 8.63. The number of amides is 2. The molecule has 1 aliphatic heterocycles. The lowest BCUT2D eigenvalue weighted by molar-refractivity contribution is -0.139. The monoisotopic (exact) mass is 449 g/mol. The van der Waals surface area contributed by atoms with Crippen LogP contribution >= 0.6 is 11.6 Å². The average Bonchev–Trinajstić information content (AvgIpc) is 3.52. The van der Waals surface area contributed by atoms with Crippen molar-refractivity contribution in [1.82, 2.24) is 9.47 Å². The first-order valence-corrected chi connectivity index (χ1v) is 11.1. The predicted molar refractivity (Wildman–Crippen MR) is 123 cm³/mol. The highest BCUT2D eigenvalue weighted by molar-refractivity contribution is 6.30. The van der Waals surface area contributed by atoms with Crippen LogP contribution in [0.25, 0.3) is 5.69 Å². The molecular formula is C25H24ClN3O3. The number of fused-ring (bicyclic) bond motifs is 3. The van der Waals surface area contributed by atoms with E-state index >= 15 is 0 Å². The lowest BCUT2D eigenvalue weighted by Gasteiger charge is -2.39. The van der Waals surface area contributed by atoms with E-state index in [0.717, 1.165) is 35.5 Å². The largest absolute Gasteiger partial charge is 0.375 e. The van der Waals surface area contributed by atoms with Crippen LogP contribution in [0.5, 0.6) is 0 Å². The van der Waals surface area contributed by atoms with Crippen LogP contribution in [0.4, 0.5) is 5.69 Å². The van der Waals surface area contributed by atoms with E-state index in [1.165, 1.54) is 7.11 Å². The Bertz CT molecular complexity index is 1150. The van der Waals surface area contributed by atoms with Gasteiger partial charge in [-0.3, -0.25) is 14.5 Å². The fourth-order valence-corrected chi connectivity index (χ4v) is 4.58. The van der Waals surface area contributed by atoms with E-state index in [1.54, 1.807) is 4.90 Å². The summed E-state index contributed by atoms with van der Waals surface area (Å²) >= 11 is 6.14. The standard InChI is InChI=1S/C25H24ClN3O3/c1-32-16-24(31)28(19-12-13-19)15-23(30)29-21-6-3-2-5-20(21)27-14-4-7-22(27)25(29)17-8-10-18(26)11-9-17/h2-11,14,19,25H,12-13,15-16H2,1H3. The summed E-state index contributed by atoms with van der Waals surface area (Å²) in [4.78, 5) is 30.0. The third-order valence-corrected chi connectivity index (χ3v) is 6.31. The van der Waals surface area contributed by atoms with Crippen molar-refractivity contribution < 1.29 is 14.3 Å². The molecule has 0 bridgehead atoms. The molecule has 0 N–H and O–H groups in total. The first-order chi connectivity index (χ1) is 15.6. The number of aromatic nitrogens is 1. The topological polar surface area (TPSA) is 54.8 Å². The van der Waals surface area contributed by atoms with Crippen LogP contribution in [0.15, 0.2) is 66.9 Å². The molecule has 1 aliphatic carbocycles. The average molecular weight is 450 g/mol. The Morgan fingerprint density at radius 3 is 2.44 bits per heavy atom. The normalized spacial score (nSPS) is 16.9. The quantitative estimate of drug-likeness (QED) is 0.566.